The second-order valence-electron chi connectivity index (χ2n) is 12.5. The lowest BCUT2D eigenvalue weighted by Gasteiger charge is -2.60. The van der Waals surface area contributed by atoms with E-state index in [0.29, 0.717) is 10.4 Å². The average molecular weight is 677 g/mol. The number of carbonyl (C=O) groups is 2. The number of benzene rings is 3. The molecule has 0 spiro atoms. The Hall–Kier alpha value is -3.07. The molecular formula is C35H38BrNO4SSi. The molecule has 1 aliphatic heterocycles. The van der Waals surface area contributed by atoms with Crippen LogP contribution in [0.25, 0.3) is 0 Å². The largest absolute Gasteiger partial charge is 0.453 e. The van der Waals surface area contributed by atoms with E-state index in [2.05, 4.69) is 127 Å². The predicted molar refractivity (Wildman–Crippen MR) is 179 cm³/mol. The van der Waals surface area contributed by atoms with Crippen LogP contribution in [0.2, 0.25) is 18.1 Å². The van der Waals surface area contributed by atoms with E-state index in [-0.39, 0.29) is 16.3 Å². The second-order valence-corrected chi connectivity index (χ2v) is 19.7. The number of thioether (sulfide) groups is 1. The molecule has 5 nitrogen and oxygen atoms in total. The van der Waals surface area contributed by atoms with E-state index in [1.165, 1.54) is 6.92 Å². The molecule has 224 valence electrons. The van der Waals surface area contributed by atoms with Gasteiger partial charge in [-0.25, -0.2) is 0 Å². The number of rotatable bonds is 9. The van der Waals surface area contributed by atoms with Crippen LogP contribution < -0.4 is 0 Å². The summed E-state index contributed by atoms with van der Waals surface area (Å²) in [6.07, 6.45) is -0.866. The van der Waals surface area contributed by atoms with Gasteiger partial charge in [0.15, 0.2) is 19.0 Å². The van der Waals surface area contributed by atoms with Crippen LogP contribution in [0.4, 0.5) is 0 Å². The lowest BCUT2D eigenvalue weighted by molar-refractivity contribution is -0.164. The summed E-state index contributed by atoms with van der Waals surface area (Å²) in [6.45, 7) is 12.5. The summed E-state index contributed by atoms with van der Waals surface area (Å²) in [5.74, 6) is -0.659. The molecule has 0 bridgehead atoms. The number of β-lactam (4-membered cyclic amide) rings is 1. The summed E-state index contributed by atoms with van der Waals surface area (Å²) in [7, 11) is -2.39. The van der Waals surface area contributed by atoms with Gasteiger partial charge >= 0.3 is 5.97 Å². The zero-order valence-corrected chi connectivity index (χ0v) is 28.8. The first kappa shape index (κ1) is 31.4. The van der Waals surface area contributed by atoms with Gasteiger partial charge < -0.3 is 13.7 Å². The van der Waals surface area contributed by atoms with Crippen LogP contribution in [0.3, 0.4) is 0 Å². The number of ether oxygens (including phenoxy) is 1. The van der Waals surface area contributed by atoms with E-state index in [4.69, 9.17) is 9.15 Å². The molecule has 1 saturated heterocycles. The zero-order valence-electron chi connectivity index (χ0n) is 25.4. The molecule has 3 aromatic carbocycles. The lowest BCUT2D eigenvalue weighted by Crippen LogP contribution is -2.73. The summed E-state index contributed by atoms with van der Waals surface area (Å²) in [4.78, 5) is 26.9. The summed E-state index contributed by atoms with van der Waals surface area (Å²) < 4.78 is 13.9. The highest BCUT2D eigenvalue weighted by Gasteiger charge is 2.63. The second kappa shape index (κ2) is 12.1. The van der Waals surface area contributed by atoms with Gasteiger partial charge in [-0.2, -0.15) is 0 Å². The molecule has 3 atom stereocenters. The molecule has 4 aromatic rings. The maximum atomic E-state index is 14.5. The molecule has 43 heavy (non-hydrogen) atoms. The molecule has 0 radical (unpaired) electrons. The van der Waals surface area contributed by atoms with Gasteiger partial charge in [-0.3, -0.25) is 9.59 Å². The van der Waals surface area contributed by atoms with E-state index < -0.39 is 31.0 Å². The minimum absolute atomic E-state index is 0.00838. The van der Waals surface area contributed by atoms with Gasteiger partial charge in [0.25, 0.3) is 0 Å². The highest BCUT2D eigenvalue weighted by Crippen LogP contribution is 2.59. The van der Waals surface area contributed by atoms with E-state index in [0.717, 1.165) is 16.7 Å². The van der Waals surface area contributed by atoms with Gasteiger partial charge in [-0.1, -0.05) is 125 Å². The number of esters is 1. The molecule has 1 aliphatic rings. The fourth-order valence-corrected chi connectivity index (χ4v) is 11.0. The van der Waals surface area contributed by atoms with Gasteiger partial charge in [0.2, 0.25) is 5.91 Å². The van der Waals surface area contributed by atoms with Crippen molar-refractivity contribution in [3.8, 4) is 0 Å². The molecule has 1 aromatic heterocycles. The van der Waals surface area contributed by atoms with Crippen molar-refractivity contribution < 1.29 is 18.7 Å². The van der Waals surface area contributed by atoms with Crippen LogP contribution in [0.1, 0.15) is 56.2 Å². The molecule has 5 rings (SSSR count). The van der Waals surface area contributed by atoms with Gasteiger partial charge in [-0.15, -0.1) is 11.8 Å². The van der Waals surface area contributed by atoms with Crippen LogP contribution >= 0.6 is 27.7 Å². The third-order valence-corrected chi connectivity index (χ3v) is 16.6. The normalized spacial score (nSPS) is 18.2. The molecule has 1 fully saturated rings. The summed E-state index contributed by atoms with van der Waals surface area (Å²) >= 11 is 5.15. The van der Waals surface area contributed by atoms with Crippen LogP contribution in [-0.2, 0) is 19.1 Å². The molecule has 8 heteroatoms. The first-order valence-corrected chi connectivity index (χ1v) is 19.1. The van der Waals surface area contributed by atoms with Gasteiger partial charge in [-0.05, 0) is 49.8 Å². The Labute approximate surface area is 268 Å². The van der Waals surface area contributed by atoms with Crippen molar-refractivity contribution in [1.82, 2.24) is 4.57 Å². The number of hydrogen-bond donors (Lipinski definition) is 0. The Morgan fingerprint density at radius 2 is 1.33 bits per heavy atom. The zero-order chi connectivity index (χ0) is 31.0. The Balaban J connectivity index is 1.76. The van der Waals surface area contributed by atoms with E-state index >= 15 is 0 Å². The number of carbonyl (C=O) groups excluding carboxylic acids is 2. The Morgan fingerprint density at radius 1 is 0.860 bits per heavy atom. The van der Waals surface area contributed by atoms with E-state index in [1.807, 2.05) is 18.2 Å². The molecule has 0 saturated carbocycles. The van der Waals surface area contributed by atoms with Crippen molar-refractivity contribution in [3.63, 3.8) is 0 Å². The van der Waals surface area contributed by atoms with Crippen LogP contribution in [-0.4, -0.2) is 30.1 Å². The van der Waals surface area contributed by atoms with Crippen molar-refractivity contribution in [2.45, 2.75) is 62.1 Å². The van der Waals surface area contributed by atoms with Crippen molar-refractivity contribution in [3.05, 3.63) is 130 Å². The Bertz CT molecular complexity index is 1470. The summed E-state index contributed by atoms with van der Waals surface area (Å²) in [6, 6.07) is 35.0. The lowest BCUT2D eigenvalue weighted by atomic mass is 9.84. The first-order valence-electron chi connectivity index (χ1n) is 14.5. The molecular weight excluding hydrogens is 638 g/mol. The van der Waals surface area contributed by atoms with Crippen LogP contribution in [0.5, 0.6) is 0 Å². The number of hydrogen-bond acceptors (Lipinski definition) is 5. The van der Waals surface area contributed by atoms with Crippen LogP contribution in [0.15, 0.2) is 112 Å². The first-order chi connectivity index (χ1) is 20.4. The van der Waals surface area contributed by atoms with Crippen molar-refractivity contribution in [2.75, 3.05) is 0 Å². The minimum atomic E-state index is -2.39. The summed E-state index contributed by atoms with van der Waals surface area (Å²) in [5, 5.41) is -0.423. The van der Waals surface area contributed by atoms with Gasteiger partial charge in [0.05, 0.1) is 10.1 Å². The third kappa shape index (κ3) is 5.77. The fraction of sp³-hybridized carbons (Fsp3) is 0.314. The molecule has 0 N–H and O–H groups in total. The van der Waals surface area contributed by atoms with Crippen LogP contribution in [0, 0.1) is 5.92 Å². The van der Waals surface area contributed by atoms with E-state index in [1.54, 1.807) is 23.9 Å². The molecule has 0 aliphatic carbocycles. The minimum Gasteiger partial charge on any atom is -0.453 e. The van der Waals surface area contributed by atoms with Crippen molar-refractivity contribution in [1.29, 1.82) is 0 Å². The van der Waals surface area contributed by atoms with Crippen molar-refractivity contribution in [2.24, 2.45) is 5.92 Å². The Morgan fingerprint density at radius 3 is 1.70 bits per heavy atom. The van der Waals surface area contributed by atoms with E-state index in [9.17, 15) is 9.59 Å². The molecule has 2 heterocycles. The molecule has 3 unspecified atom stereocenters. The smallest absolute Gasteiger partial charge is 0.303 e. The fourth-order valence-electron chi connectivity index (χ4n) is 5.72. The SMILES string of the molecule is CC(=O)OC(c1ccc(Br)o1)C1C(=O)N([Si](C)(C)C(C)(C)C)C1SC(c1ccccc1)(c1ccccc1)c1ccccc1. The van der Waals surface area contributed by atoms with Gasteiger partial charge in [0, 0.05) is 6.92 Å². The number of furan rings is 1. The Kier molecular flexibility index (Phi) is 8.85. The maximum absolute atomic E-state index is 14.5. The molecule has 1 amide bonds. The number of amides is 1. The standard InChI is InChI=1S/C35H38BrNO4SSi/c1-24(38)40-31(28-22-23-29(36)41-28)30-32(39)37(43(5,6)34(2,3)4)33(30)42-35(25-16-10-7-11-17-25,26-18-12-8-13-19-26)27-20-14-9-15-21-27/h7-23,30-31,33H,1-6H3. The number of nitrogens with zero attached hydrogens (tertiary/aromatic N) is 1. The monoisotopic (exact) mass is 675 g/mol. The third-order valence-electron chi connectivity index (χ3n) is 8.85. The van der Waals surface area contributed by atoms with Crippen molar-refractivity contribution >= 4 is 47.8 Å². The highest BCUT2D eigenvalue weighted by molar-refractivity contribution is 9.10. The predicted octanol–water partition coefficient (Wildman–Crippen LogP) is 9.16. The van der Waals surface area contributed by atoms with Gasteiger partial charge in [0.1, 0.15) is 11.7 Å². The average Bonchev–Trinajstić information content (AvgIpc) is 3.41. The summed E-state index contributed by atoms with van der Waals surface area (Å²) in [5.41, 5.74) is 3.32. The quantitative estimate of drug-likeness (QED) is 0.0766. The highest BCUT2D eigenvalue weighted by atomic mass is 79.9. The maximum Gasteiger partial charge on any atom is 0.303 e. The number of halogens is 1. The topological polar surface area (TPSA) is 59.8 Å².